The summed E-state index contributed by atoms with van der Waals surface area (Å²) in [6.07, 6.45) is 0. The van der Waals surface area contributed by atoms with Crippen LogP contribution in [0.4, 0.5) is 0 Å². The van der Waals surface area contributed by atoms with Crippen molar-refractivity contribution >= 4 is 27.3 Å². The number of hydrogen-bond donors (Lipinski definition) is 2. The molecule has 0 bridgehead atoms. The molecule has 0 unspecified atom stereocenters. The van der Waals surface area contributed by atoms with Crippen molar-refractivity contribution in [2.24, 2.45) is 5.41 Å². The molecular formula is C11H14N2O4S2. The molecule has 8 heteroatoms. The molecule has 0 aliphatic carbocycles. The average Bonchev–Trinajstić information content (AvgIpc) is 2.73. The summed E-state index contributed by atoms with van der Waals surface area (Å²) in [7, 11) is -3.94. The maximum absolute atomic E-state index is 12.0. The molecule has 104 valence electrons. The predicted molar refractivity (Wildman–Crippen MR) is 70.2 cm³/mol. The molecule has 0 aliphatic rings. The summed E-state index contributed by atoms with van der Waals surface area (Å²) < 4.78 is 26.2. The fraction of sp³-hybridized carbons (Fsp3) is 0.455. The average molecular weight is 302 g/mol. The van der Waals surface area contributed by atoms with Crippen molar-refractivity contribution in [2.45, 2.75) is 31.0 Å². The fourth-order valence-electron chi connectivity index (χ4n) is 1.34. The van der Waals surface area contributed by atoms with Gasteiger partial charge in [-0.25, -0.2) is 8.42 Å². The minimum absolute atomic E-state index is 0.0699. The maximum Gasteiger partial charge on any atom is 0.322 e. The lowest BCUT2D eigenvalue weighted by Crippen LogP contribution is -2.48. The zero-order valence-electron chi connectivity index (χ0n) is 10.7. The van der Waals surface area contributed by atoms with E-state index in [9.17, 15) is 13.2 Å². The van der Waals surface area contributed by atoms with Gasteiger partial charge < -0.3 is 5.11 Å². The Hall–Kier alpha value is -1.43. The minimum Gasteiger partial charge on any atom is -0.480 e. The van der Waals surface area contributed by atoms with Crippen LogP contribution in [0.3, 0.4) is 0 Å². The number of thiophene rings is 1. The fourth-order valence-corrected chi connectivity index (χ4v) is 3.85. The van der Waals surface area contributed by atoms with Gasteiger partial charge in [0.1, 0.15) is 21.2 Å². The normalized spacial score (nSPS) is 13.8. The molecule has 6 nitrogen and oxygen atoms in total. The van der Waals surface area contributed by atoms with E-state index >= 15 is 0 Å². The number of aliphatic carboxylic acids is 1. The van der Waals surface area contributed by atoms with Gasteiger partial charge in [-0.2, -0.15) is 9.98 Å². The van der Waals surface area contributed by atoms with Gasteiger partial charge in [0.05, 0.1) is 0 Å². The number of carbonyl (C=O) groups is 1. The smallest absolute Gasteiger partial charge is 0.322 e. The standard InChI is InChI=1S/C11H14N2O4S2/c1-11(2,3)9(10(14)15)13-19(16,17)8-5-4-7(6-12)18-8/h4-5,9,13H,1-3H3,(H,14,15)/t9-/m1/s1. The van der Waals surface area contributed by atoms with Crippen LogP contribution in [0.2, 0.25) is 0 Å². The van der Waals surface area contributed by atoms with Crippen molar-refractivity contribution in [2.75, 3.05) is 0 Å². The molecule has 0 aromatic carbocycles. The largest absolute Gasteiger partial charge is 0.480 e. The summed E-state index contributed by atoms with van der Waals surface area (Å²) in [5.41, 5.74) is -0.770. The van der Waals surface area contributed by atoms with Crippen molar-refractivity contribution in [3.05, 3.63) is 17.0 Å². The van der Waals surface area contributed by atoms with E-state index in [1.54, 1.807) is 20.8 Å². The predicted octanol–water partition coefficient (Wildman–Crippen LogP) is 1.40. The van der Waals surface area contributed by atoms with Crippen molar-refractivity contribution in [3.8, 4) is 6.07 Å². The van der Waals surface area contributed by atoms with E-state index in [4.69, 9.17) is 10.4 Å². The quantitative estimate of drug-likeness (QED) is 0.874. The Morgan fingerprint density at radius 1 is 1.47 bits per heavy atom. The zero-order chi connectivity index (χ0) is 14.8. The van der Waals surface area contributed by atoms with Crippen LogP contribution in [-0.4, -0.2) is 25.5 Å². The summed E-state index contributed by atoms with van der Waals surface area (Å²) in [5.74, 6) is -1.24. The van der Waals surface area contributed by atoms with Crippen LogP contribution in [0, 0.1) is 16.7 Å². The molecule has 0 fully saturated rings. The Morgan fingerprint density at radius 3 is 2.42 bits per heavy atom. The molecule has 1 aromatic rings. The zero-order valence-corrected chi connectivity index (χ0v) is 12.3. The van der Waals surface area contributed by atoms with Crippen molar-refractivity contribution < 1.29 is 18.3 Å². The highest BCUT2D eigenvalue weighted by atomic mass is 32.2. The van der Waals surface area contributed by atoms with Gasteiger partial charge in [-0.1, -0.05) is 20.8 Å². The van der Waals surface area contributed by atoms with Gasteiger partial charge >= 0.3 is 5.97 Å². The van der Waals surface area contributed by atoms with Crippen LogP contribution in [-0.2, 0) is 14.8 Å². The molecule has 1 heterocycles. The molecule has 1 aromatic heterocycles. The summed E-state index contributed by atoms with van der Waals surface area (Å²) in [6, 6.07) is 3.26. The van der Waals surface area contributed by atoms with E-state index in [1.165, 1.54) is 12.1 Å². The van der Waals surface area contributed by atoms with Crippen molar-refractivity contribution in [1.29, 1.82) is 5.26 Å². The number of nitrogens with one attached hydrogen (secondary N) is 1. The van der Waals surface area contributed by atoms with Crippen LogP contribution in [0.5, 0.6) is 0 Å². The molecule has 19 heavy (non-hydrogen) atoms. The Labute approximate surface area is 115 Å². The lowest BCUT2D eigenvalue weighted by Gasteiger charge is -2.27. The van der Waals surface area contributed by atoms with E-state index in [-0.39, 0.29) is 9.09 Å². The number of sulfonamides is 1. The molecular weight excluding hydrogens is 288 g/mol. The Morgan fingerprint density at radius 2 is 2.05 bits per heavy atom. The number of nitrogens with zero attached hydrogens (tertiary/aromatic N) is 1. The van der Waals surface area contributed by atoms with Crippen LogP contribution in [0.25, 0.3) is 0 Å². The molecule has 1 atom stereocenters. The van der Waals surface area contributed by atoms with Gasteiger partial charge in [0.25, 0.3) is 10.0 Å². The number of nitriles is 1. The van der Waals surface area contributed by atoms with E-state index < -0.39 is 27.4 Å². The maximum atomic E-state index is 12.0. The van der Waals surface area contributed by atoms with Crippen molar-refractivity contribution in [3.63, 3.8) is 0 Å². The van der Waals surface area contributed by atoms with Gasteiger partial charge in [0.15, 0.2) is 0 Å². The van der Waals surface area contributed by atoms with E-state index in [0.717, 1.165) is 11.3 Å². The molecule has 0 aliphatic heterocycles. The number of rotatable bonds is 4. The molecule has 2 N–H and O–H groups in total. The molecule has 1 rings (SSSR count). The molecule has 0 radical (unpaired) electrons. The first-order chi connectivity index (χ1) is 8.58. The third kappa shape index (κ3) is 3.76. The molecule has 0 saturated carbocycles. The Balaban J connectivity index is 3.08. The first-order valence-corrected chi connectivity index (χ1v) is 7.63. The van der Waals surface area contributed by atoms with Gasteiger partial charge in [0, 0.05) is 0 Å². The van der Waals surface area contributed by atoms with Crippen LogP contribution >= 0.6 is 11.3 Å². The number of hydrogen-bond acceptors (Lipinski definition) is 5. The summed E-state index contributed by atoms with van der Waals surface area (Å²) in [4.78, 5) is 11.4. The van der Waals surface area contributed by atoms with E-state index in [2.05, 4.69) is 4.72 Å². The topological polar surface area (TPSA) is 107 Å². The summed E-state index contributed by atoms with van der Waals surface area (Å²) in [6.45, 7) is 4.89. The molecule has 0 spiro atoms. The highest BCUT2D eigenvalue weighted by Gasteiger charge is 2.35. The highest BCUT2D eigenvalue weighted by molar-refractivity contribution is 7.91. The second-order valence-corrected chi connectivity index (χ2v) is 8.01. The third-order valence-corrected chi connectivity index (χ3v) is 5.25. The Kier molecular flexibility index (Phi) is 4.35. The molecule has 0 amide bonds. The summed E-state index contributed by atoms with van der Waals surface area (Å²) in [5, 5.41) is 17.8. The van der Waals surface area contributed by atoms with E-state index in [1.807, 2.05) is 6.07 Å². The molecule has 0 saturated heterocycles. The first-order valence-electron chi connectivity index (χ1n) is 5.33. The lowest BCUT2D eigenvalue weighted by molar-refractivity contribution is -0.141. The third-order valence-electron chi connectivity index (χ3n) is 2.34. The second-order valence-electron chi connectivity index (χ2n) is 4.99. The second kappa shape index (κ2) is 5.28. The number of carboxylic acid groups (broad SMARTS) is 1. The van der Waals surface area contributed by atoms with Gasteiger partial charge in [-0.3, -0.25) is 4.79 Å². The SMILES string of the molecule is CC(C)(C)[C@H](NS(=O)(=O)c1ccc(C#N)s1)C(=O)O. The highest BCUT2D eigenvalue weighted by Crippen LogP contribution is 2.25. The summed E-state index contributed by atoms with van der Waals surface area (Å²) >= 11 is 0.800. The van der Waals surface area contributed by atoms with Crippen molar-refractivity contribution in [1.82, 2.24) is 4.72 Å². The number of carboxylic acids is 1. The van der Waals surface area contributed by atoms with Gasteiger partial charge in [0.2, 0.25) is 0 Å². The van der Waals surface area contributed by atoms with Crippen LogP contribution in [0.15, 0.2) is 16.3 Å². The van der Waals surface area contributed by atoms with Crippen LogP contribution in [0.1, 0.15) is 25.6 Å². The minimum atomic E-state index is -3.94. The van der Waals surface area contributed by atoms with Crippen LogP contribution < -0.4 is 4.72 Å². The van der Waals surface area contributed by atoms with Gasteiger partial charge in [-0.05, 0) is 17.5 Å². The van der Waals surface area contributed by atoms with Gasteiger partial charge in [-0.15, -0.1) is 11.3 Å². The monoisotopic (exact) mass is 302 g/mol. The Bertz CT molecular complexity index is 620. The van der Waals surface area contributed by atoms with E-state index in [0.29, 0.717) is 0 Å². The lowest BCUT2D eigenvalue weighted by atomic mass is 9.88. The first kappa shape index (κ1) is 15.6.